The molecule has 0 unspecified atom stereocenters. The Kier molecular flexibility index (Phi) is 2.68. The van der Waals surface area contributed by atoms with Crippen LogP contribution in [0.1, 0.15) is 0 Å². The Morgan fingerprint density at radius 3 is 2.68 bits per heavy atom. The van der Waals surface area contributed by atoms with Crippen LogP contribution in [0.5, 0.6) is 0 Å². The summed E-state index contributed by atoms with van der Waals surface area (Å²) in [7, 11) is 1.82. The number of anilines is 1. The lowest BCUT2D eigenvalue weighted by Gasteiger charge is -2.07. The van der Waals surface area contributed by atoms with Crippen LogP contribution in [0.15, 0.2) is 36.4 Å². The lowest BCUT2D eigenvalue weighted by atomic mass is 10.1. The Balaban J connectivity index is 2.35. The van der Waals surface area contributed by atoms with Gasteiger partial charge in [0.25, 0.3) is 0 Å². The Labute approximate surface area is 114 Å². The average Bonchev–Trinajstić information content (AvgIpc) is 2.72. The summed E-state index contributed by atoms with van der Waals surface area (Å²) in [4.78, 5) is 4.33. The highest BCUT2D eigenvalue weighted by atomic mass is 35.5. The lowest BCUT2D eigenvalue weighted by molar-refractivity contribution is 0.637. The van der Waals surface area contributed by atoms with Crippen LogP contribution in [0.2, 0.25) is 5.02 Å². The van der Waals surface area contributed by atoms with Crippen LogP contribution in [0, 0.1) is 5.82 Å². The Morgan fingerprint density at radius 2 is 1.95 bits per heavy atom. The summed E-state index contributed by atoms with van der Waals surface area (Å²) >= 11 is 6.01. The number of aromatic nitrogens is 2. The molecule has 0 bridgehead atoms. The SMILES string of the molecule is Cn1c(-c2cccc(Cl)c2N)nc2c(F)cccc21. The first-order valence-corrected chi connectivity index (χ1v) is 6.12. The van der Waals surface area contributed by atoms with E-state index in [0.717, 1.165) is 5.52 Å². The van der Waals surface area contributed by atoms with Crippen molar-refractivity contribution in [2.45, 2.75) is 0 Å². The predicted molar refractivity (Wildman–Crippen MR) is 75.5 cm³/mol. The van der Waals surface area contributed by atoms with Crippen molar-refractivity contribution in [3.63, 3.8) is 0 Å². The van der Waals surface area contributed by atoms with Crippen molar-refractivity contribution in [3.05, 3.63) is 47.2 Å². The summed E-state index contributed by atoms with van der Waals surface area (Å²) in [6, 6.07) is 10.2. The third kappa shape index (κ3) is 1.76. The fourth-order valence-corrected chi connectivity index (χ4v) is 2.33. The molecule has 1 aromatic heterocycles. The number of nitrogens with two attached hydrogens (primary N) is 1. The molecule has 1 heterocycles. The van der Waals surface area contributed by atoms with E-state index in [1.807, 2.05) is 19.2 Å². The summed E-state index contributed by atoms with van der Waals surface area (Å²) in [5, 5.41) is 0.463. The number of nitrogens with zero attached hydrogens (tertiary/aromatic N) is 2. The topological polar surface area (TPSA) is 43.8 Å². The molecule has 0 spiro atoms. The van der Waals surface area contributed by atoms with Gasteiger partial charge < -0.3 is 10.3 Å². The standard InChI is InChI=1S/C14H11ClFN3/c1-19-11-7-3-6-10(16)13(11)18-14(19)8-4-2-5-9(15)12(8)17/h2-7H,17H2,1H3. The highest BCUT2D eigenvalue weighted by Gasteiger charge is 2.15. The smallest absolute Gasteiger partial charge is 0.151 e. The molecular weight excluding hydrogens is 265 g/mol. The maximum atomic E-state index is 13.7. The molecule has 0 atom stereocenters. The first-order chi connectivity index (χ1) is 9.09. The highest BCUT2D eigenvalue weighted by Crippen LogP contribution is 2.32. The zero-order valence-electron chi connectivity index (χ0n) is 10.2. The molecule has 0 aliphatic heterocycles. The predicted octanol–water partition coefficient (Wildman–Crippen LogP) is 3.62. The van der Waals surface area contributed by atoms with E-state index >= 15 is 0 Å². The zero-order chi connectivity index (χ0) is 13.6. The van der Waals surface area contributed by atoms with Crippen LogP contribution in [-0.4, -0.2) is 9.55 Å². The maximum absolute atomic E-state index is 13.7. The van der Waals surface area contributed by atoms with Gasteiger partial charge in [0.05, 0.1) is 16.2 Å². The molecule has 0 aliphatic rings. The van der Waals surface area contributed by atoms with Crippen LogP contribution in [0.4, 0.5) is 10.1 Å². The van der Waals surface area contributed by atoms with E-state index in [2.05, 4.69) is 4.98 Å². The van der Waals surface area contributed by atoms with Gasteiger partial charge in [-0.2, -0.15) is 0 Å². The summed E-state index contributed by atoms with van der Waals surface area (Å²) in [6.45, 7) is 0. The van der Waals surface area contributed by atoms with Crippen LogP contribution < -0.4 is 5.73 Å². The van der Waals surface area contributed by atoms with E-state index in [1.54, 1.807) is 22.8 Å². The van der Waals surface area contributed by atoms with Crippen molar-refractivity contribution >= 4 is 28.3 Å². The van der Waals surface area contributed by atoms with Crippen molar-refractivity contribution in [2.75, 3.05) is 5.73 Å². The minimum absolute atomic E-state index is 0.333. The first-order valence-electron chi connectivity index (χ1n) is 5.75. The second-order valence-corrected chi connectivity index (χ2v) is 4.71. The van der Waals surface area contributed by atoms with E-state index in [4.69, 9.17) is 17.3 Å². The summed E-state index contributed by atoms with van der Waals surface area (Å²) in [5.74, 6) is 0.250. The molecule has 2 aromatic carbocycles. The number of imidazole rings is 1. The fourth-order valence-electron chi connectivity index (χ4n) is 2.15. The largest absolute Gasteiger partial charge is 0.397 e. The Bertz CT molecular complexity index is 780. The van der Waals surface area contributed by atoms with Crippen molar-refractivity contribution in [2.24, 2.45) is 7.05 Å². The Hall–Kier alpha value is -2.07. The van der Waals surface area contributed by atoms with Crippen LogP contribution >= 0.6 is 11.6 Å². The van der Waals surface area contributed by atoms with Gasteiger partial charge >= 0.3 is 0 Å². The molecule has 3 aromatic rings. The molecule has 0 saturated carbocycles. The van der Waals surface area contributed by atoms with Gasteiger partial charge in [-0.25, -0.2) is 9.37 Å². The molecule has 0 amide bonds. The number of halogens is 2. The van der Waals surface area contributed by atoms with Gasteiger partial charge in [-0.1, -0.05) is 23.7 Å². The second-order valence-electron chi connectivity index (χ2n) is 4.30. The molecule has 3 nitrogen and oxygen atoms in total. The van der Waals surface area contributed by atoms with Crippen LogP contribution in [-0.2, 0) is 7.05 Å². The van der Waals surface area contributed by atoms with E-state index in [0.29, 0.717) is 27.6 Å². The number of nitrogen functional groups attached to an aromatic ring is 1. The quantitative estimate of drug-likeness (QED) is 0.690. The number of benzene rings is 2. The summed E-state index contributed by atoms with van der Waals surface area (Å²) in [5.41, 5.74) is 8.16. The zero-order valence-corrected chi connectivity index (χ0v) is 10.9. The van der Waals surface area contributed by atoms with Gasteiger partial charge in [-0.3, -0.25) is 0 Å². The average molecular weight is 276 g/mol. The third-order valence-electron chi connectivity index (χ3n) is 3.16. The van der Waals surface area contributed by atoms with E-state index < -0.39 is 0 Å². The lowest BCUT2D eigenvalue weighted by Crippen LogP contribution is -1.97. The minimum atomic E-state index is -0.347. The van der Waals surface area contributed by atoms with Gasteiger partial charge in [0.2, 0.25) is 0 Å². The molecule has 0 fully saturated rings. The minimum Gasteiger partial charge on any atom is -0.397 e. The third-order valence-corrected chi connectivity index (χ3v) is 3.49. The second kappa shape index (κ2) is 4.24. The van der Waals surface area contributed by atoms with Crippen LogP contribution in [0.25, 0.3) is 22.4 Å². The Morgan fingerprint density at radius 1 is 1.21 bits per heavy atom. The molecule has 0 aliphatic carbocycles. The van der Waals surface area contributed by atoms with Crippen LogP contribution in [0.3, 0.4) is 0 Å². The molecule has 2 N–H and O–H groups in total. The summed E-state index contributed by atoms with van der Waals surface area (Å²) < 4.78 is 15.5. The monoisotopic (exact) mass is 275 g/mol. The molecule has 0 saturated heterocycles. The number of hydrogen-bond donors (Lipinski definition) is 1. The van der Waals surface area contributed by atoms with E-state index in [1.165, 1.54) is 6.07 Å². The molecular formula is C14H11ClFN3. The highest BCUT2D eigenvalue weighted by molar-refractivity contribution is 6.33. The number of hydrogen-bond acceptors (Lipinski definition) is 2. The maximum Gasteiger partial charge on any atom is 0.151 e. The number of para-hydroxylation sites is 2. The molecule has 96 valence electrons. The van der Waals surface area contributed by atoms with Gasteiger partial charge in [-0.15, -0.1) is 0 Å². The number of fused-ring (bicyclic) bond motifs is 1. The van der Waals surface area contributed by atoms with Crippen molar-refractivity contribution in [3.8, 4) is 11.4 Å². The van der Waals surface area contributed by atoms with Crippen molar-refractivity contribution in [1.82, 2.24) is 9.55 Å². The molecule has 3 rings (SSSR count). The number of rotatable bonds is 1. The normalized spacial score (nSPS) is 11.1. The fraction of sp³-hybridized carbons (Fsp3) is 0.0714. The first kappa shape index (κ1) is 12.0. The van der Waals surface area contributed by atoms with Gasteiger partial charge in [0, 0.05) is 12.6 Å². The van der Waals surface area contributed by atoms with Gasteiger partial charge in [0.1, 0.15) is 11.3 Å². The van der Waals surface area contributed by atoms with E-state index in [9.17, 15) is 4.39 Å². The molecule has 19 heavy (non-hydrogen) atoms. The van der Waals surface area contributed by atoms with Gasteiger partial charge in [-0.05, 0) is 24.3 Å². The van der Waals surface area contributed by atoms with Gasteiger partial charge in [0.15, 0.2) is 5.82 Å². The molecule has 5 heteroatoms. The number of aryl methyl sites for hydroxylation is 1. The van der Waals surface area contributed by atoms with E-state index in [-0.39, 0.29) is 5.82 Å². The van der Waals surface area contributed by atoms with Crippen molar-refractivity contribution in [1.29, 1.82) is 0 Å². The summed E-state index contributed by atoms with van der Waals surface area (Å²) in [6.07, 6.45) is 0. The molecule has 0 radical (unpaired) electrons. The van der Waals surface area contributed by atoms with Crippen molar-refractivity contribution < 1.29 is 4.39 Å².